The van der Waals surface area contributed by atoms with Crippen LogP contribution >= 0.6 is 0 Å². The van der Waals surface area contributed by atoms with Gasteiger partial charge in [-0.15, -0.1) is 0 Å². The number of likely N-dealkylation sites (tertiary alicyclic amines) is 1. The number of nitrogens with zero attached hydrogens (tertiary/aromatic N) is 1. The first-order valence-corrected chi connectivity index (χ1v) is 5.55. The average molecular weight is 185 g/mol. The first-order chi connectivity index (χ1) is 6.13. The Morgan fingerprint density at radius 2 is 2.15 bits per heavy atom. The van der Waals surface area contributed by atoms with Gasteiger partial charge in [0.2, 0.25) is 0 Å². The summed E-state index contributed by atoms with van der Waals surface area (Å²) in [6.07, 6.45) is 3.38. The second kappa shape index (κ2) is 4.97. The summed E-state index contributed by atoms with van der Waals surface area (Å²) in [5, 5.41) is 9.57. The van der Waals surface area contributed by atoms with Crippen LogP contribution in [0.3, 0.4) is 0 Å². The van der Waals surface area contributed by atoms with Gasteiger partial charge in [-0.3, -0.25) is 4.90 Å². The summed E-state index contributed by atoms with van der Waals surface area (Å²) < 4.78 is 0. The van der Waals surface area contributed by atoms with Crippen LogP contribution in [-0.2, 0) is 0 Å². The highest BCUT2D eigenvalue weighted by Gasteiger charge is 2.29. The lowest BCUT2D eigenvalue weighted by atomic mass is 10.1. The van der Waals surface area contributed by atoms with Gasteiger partial charge in [0.25, 0.3) is 0 Å². The van der Waals surface area contributed by atoms with Gasteiger partial charge in [0.05, 0.1) is 6.10 Å². The molecule has 0 amide bonds. The summed E-state index contributed by atoms with van der Waals surface area (Å²) in [6.45, 7) is 8.74. The van der Waals surface area contributed by atoms with Gasteiger partial charge < -0.3 is 5.11 Å². The summed E-state index contributed by atoms with van der Waals surface area (Å²) in [5.41, 5.74) is 0. The fraction of sp³-hybridized carbons (Fsp3) is 1.00. The minimum Gasteiger partial charge on any atom is -0.392 e. The van der Waals surface area contributed by atoms with Crippen LogP contribution in [0.4, 0.5) is 0 Å². The topological polar surface area (TPSA) is 23.5 Å². The first-order valence-electron chi connectivity index (χ1n) is 5.55. The van der Waals surface area contributed by atoms with Gasteiger partial charge in [-0.25, -0.2) is 0 Å². The Balaban J connectivity index is 2.40. The maximum atomic E-state index is 9.57. The van der Waals surface area contributed by atoms with Crippen LogP contribution < -0.4 is 0 Å². The van der Waals surface area contributed by atoms with Crippen molar-refractivity contribution in [3.63, 3.8) is 0 Å². The summed E-state index contributed by atoms with van der Waals surface area (Å²) >= 11 is 0. The van der Waals surface area contributed by atoms with Crippen molar-refractivity contribution in [2.24, 2.45) is 5.92 Å². The van der Waals surface area contributed by atoms with E-state index >= 15 is 0 Å². The monoisotopic (exact) mass is 185 g/mol. The van der Waals surface area contributed by atoms with Crippen LogP contribution in [0.2, 0.25) is 0 Å². The molecule has 0 bridgehead atoms. The standard InChI is InChI=1S/C11H23NO/c1-4-5-10-6-11(13)8-12(10)7-9(2)3/h9-11,13H,4-8H2,1-3H3/t10-,11-/m0/s1. The molecule has 0 aromatic heterocycles. The lowest BCUT2D eigenvalue weighted by Crippen LogP contribution is -2.33. The van der Waals surface area contributed by atoms with Gasteiger partial charge in [-0.2, -0.15) is 0 Å². The smallest absolute Gasteiger partial charge is 0.0682 e. The molecule has 0 aliphatic carbocycles. The molecule has 1 rings (SSSR count). The molecular weight excluding hydrogens is 162 g/mol. The highest BCUT2D eigenvalue weighted by molar-refractivity contribution is 4.84. The highest BCUT2D eigenvalue weighted by atomic mass is 16.3. The molecular formula is C11H23NO. The van der Waals surface area contributed by atoms with E-state index < -0.39 is 0 Å². The largest absolute Gasteiger partial charge is 0.392 e. The van der Waals surface area contributed by atoms with E-state index in [0.717, 1.165) is 19.5 Å². The maximum Gasteiger partial charge on any atom is 0.0682 e. The minimum absolute atomic E-state index is 0.0738. The average Bonchev–Trinajstić information content (AvgIpc) is 2.31. The van der Waals surface area contributed by atoms with E-state index in [-0.39, 0.29) is 6.10 Å². The Morgan fingerprint density at radius 3 is 2.69 bits per heavy atom. The van der Waals surface area contributed by atoms with Crippen LogP contribution in [-0.4, -0.2) is 35.2 Å². The Morgan fingerprint density at radius 1 is 1.46 bits per heavy atom. The zero-order valence-corrected chi connectivity index (χ0v) is 9.16. The fourth-order valence-electron chi connectivity index (χ4n) is 2.28. The van der Waals surface area contributed by atoms with Crippen LogP contribution in [0.1, 0.15) is 40.0 Å². The molecule has 2 atom stereocenters. The number of hydrogen-bond acceptors (Lipinski definition) is 2. The van der Waals surface area contributed by atoms with E-state index in [4.69, 9.17) is 0 Å². The molecule has 13 heavy (non-hydrogen) atoms. The van der Waals surface area contributed by atoms with Crippen molar-refractivity contribution < 1.29 is 5.11 Å². The number of β-amino-alcohol motifs (C(OH)–C–C–N with tert-alkyl or cyclic N) is 1. The zero-order valence-electron chi connectivity index (χ0n) is 9.16. The van der Waals surface area contributed by atoms with Crippen molar-refractivity contribution in [2.75, 3.05) is 13.1 Å². The third-order valence-electron chi connectivity index (χ3n) is 2.73. The molecule has 0 aromatic carbocycles. The molecule has 0 unspecified atom stereocenters. The normalized spacial score (nSPS) is 30.2. The number of rotatable bonds is 4. The number of aliphatic hydroxyl groups is 1. The molecule has 78 valence electrons. The first kappa shape index (κ1) is 11.0. The van der Waals surface area contributed by atoms with Gasteiger partial charge in [-0.05, 0) is 18.8 Å². The molecule has 1 aliphatic heterocycles. The van der Waals surface area contributed by atoms with Gasteiger partial charge in [-0.1, -0.05) is 27.2 Å². The minimum atomic E-state index is -0.0738. The summed E-state index contributed by atoms with van der Waals surface area (Å²) in [4.78, 5) is 2.46. The molecule has 1 saturated heterocycles. The third-order valence-corrected chi connectivity index (χ3v) is 2.73. The van der Waals surface area contributed by atoms with E-state index in [1.807, 2.05) is 0 Å². The second-order valence-electron chi connectivity index (χ2n) is 4.68. The van der Waals surface area contributed by atoms with Crippen molar-refractivity contribution >= 4 is 0 Å². The van der Waals surface area contributed by atoms with Crippen molar-refractivity contribution in [2.45, 2.75) is 52.2 Å². The molecule has 2 heteroatoms. The molecule has 0 spiro atoms. The Labute approximate surface area is 81.9 Å². The molecule has 1 N–H and O–H groups in total. The van der Waals surface area contributed by atoms with Crippen molar-refractivity contribution in [1.29, 1.82) is 0 Å². The highest BCUT2D eigenvalue weighted by Crippen LogP contribution is 2.22. The Hall–Kier alpha value is -0.0800. The molecule has 0 radical (unpaired) electrons. The lowest BCUT2D eigenvalue weighted by Gasteiger charge is -2.25. The zero-order chi connectivity index (χ0) is 9.84. The van der Waals surface area contributed by atoms with Crippen LogP contribution in [0, 0.1) is 5.92 Å². The van der Waals surface area contributed by atoms with E-state index in [1.165, 1.54) is 12.8 Å². The molecule has 1 heterocycles. The Bertz CT molecular complexity index is 147. The maximum absolute atomic E-state index is 9.57. The van der Waals surface area contributed by atoms with E-state index in [9.17, 15) is 5.11 Å². The Kier molecular flexibility index (Phi) is 4.20. The molecule has 1 fully saturated rings. The molecule has 1 aliphatic rings. The quantitative estimate of drug-likeness (QED) is 0.723. The molecule has 0 saturated carbocycles. The SMILES string of the molecule is CCC[C@H]1C[C@H](O)CN1CC(C)C. The third kappa shape index (κ3) is 3.28. The van der Waals surface area contributed by atoms with E-state index in [1.54, 1.807) is 0 Å². The molecule has 0 aromatic rings. The van der Waals surface area contributed by atoms with Gasteiger partial charge in [0, 0.05) is 19.1 Å². The van der Waals surface area contributed by atoms with Crippen LogP contribution in [0.25, 0.3) is 0 Å². The summed E-state index contributed by atoms with van der Waals surface area (Å²) in [6, 6.07) is 0.641. The van der Waals surface area contributed by atoms with Crippen LogP contribution in [0.5, 0.6) is 0 Å². The number of aliphatic hydroxyl groups excluding tert-OH is 1. The van der Waals surface area contributed by atoms with E-state index in [0.29, 0.717) is 12.0 Å². The predicted octanol–water partition coefficient (Wildman–Crippen LogP) is 1.88. The van der Waals surface area contributed by atoms with Gasteiger partial charge >= 0.3 is 0 Å². The van der Waals surface area contributed by atoms with Crippen molar-refractivity contribution in [3.05, 3.63) is 0 Å². The fourth-order valence-corrected chi connectivity index (χ4v) is 2.28. The summed E-state index contributed by atoms with van der Waals surface area (Å²) in [7, 11) is 0. The van der Waals surface area contributed by atoms with E-state index in [2.05, 4.69) is 25.7 Å². The van der Waals surface area contributed by atoms with Gasteiger partial charge in [0.1, 0.15) is 0 Å². The number of hydrogen-bond donors (Lipinski definition) is 1. The molecule has 2 nitrogen and oxygen atoms in total. The predicted molar refractivity (Wildman–Crippen MR) is 55.7 cm³/mol. The summed E-state index contributed by atoms with van der Waals surface area (Å²) in [5.74, 6) is 0.713. The lowest BCUT2D eigenvalue weighted by molar-refractivity contribution is 0.168. The second-order valence-corrected chi connectivity index (χ2v) is 4.68. The van der Waals surface area contributed by atoms with Crippen molar-refractivity contribution in [3.8, 4) is 0 Å². The van der Waals surface area contributed by atoms with Crippen LogP contribution in [0.15, 0.2) is 0 Å². The van der Waals surface area contributed by atoms with Crippen molar-refractivity contribution in [1.82, 2.24) is 4.90 Å². The van der Waals surface area contributed by atoms with Gasteiger partial charge in [0.15, 0.2) is 0 Å².